The first-order valence-electron chi connectivity index (χ1n) is 16.2. The Bertz CT molecular complexity index is 2010. The molecule has 7 rings (SSSR count). The van der Waals surface area contributed by atoms with Crippen LogP contribution in [0.3, 0.4) is 0 Å². The molecule has 0 bridgehead atoms. The van der Waals surface area contributed by atoms with Gasteiger partial charge in [0.25, 0.3) is 5.91 Å². The van der Waals surface area contributed by atoms with E-state index in [4.69, 9.17) is 5.26 Å². The van der Waals surface area contributed by atoms with Crippen LogP contribution in [-0.4, -0.2) is 50.2 Å². The zero-order valence-corrected chi connectivity index (χ0v) is 27.0. The van der Waals surface area contributed by atoms with Crippen LogP contribution in [0.1, 0.15) is 64.7 Å². The SMILES string of the molecule is Cn1cnnc1-c1ccc(C(F)(F)F)cc1-c1cc(NCCCC#N)nc(N2Cc3c(cc(CN4CCC5(CC5)C4)cc3C(F)(F)F)C2=O)c1. The number of likely N-dealkylation sites (tertiary alicyclic amines) is 1. The fourth-order valence-electron chi connectivity index (χ4n) is 6.97. The molecule has 2 fully saturated rings. The van der Waals surface area contributed by atoms with Crippen LogP contribution in [0.15, 0.2) is 48.8 Å². The Morgan fingerprint density at radius 1 is 0.980 bits per heavy atom. The van der Waals surface area contributed by atoms with Gasteiger partial charge in [-0.2, -0.15) is 31.6 Å². The summed E-state index contributed by atoms with van der Waals surface area (Å²) in [5.74, 6) is -0.295. The molecule has 260 valence electrons. The largest absolute Gasteiger partial charge is 0.416 e. The average Bonchev–Trinajstić information content (AvgIpc) is 3.32. The van der Waals surface area contributed by atoms with E-state index in [0.29, 0.717) is 17.5 Å². The van der Waals surface area contributed by atoms with E-state index in [-0.39, 0.29) is 64.6 Å². The fourth-order valence-corrected chi connectivity index (χ4v) is 6.97. The molecule has 2 aromatic heterocycles. The van der Waals surface area contributed by atoms with Gasteiger partial charge in [-0.05, 0) is 102 Å². The van der Waals surface area contributed by atoms with Crippen molar-refractivity contribution in [3.8, 4) is 28.6 Å². The Labute approximate surface area is 283 Å². The highest BCUT2D eigenvalue weighted by Crippen LogP contribution is 2.53. The van der Waals surface area contributed by atoms with E-state index in [9.17, 15) is 31.1 Å². The van der Waals surface area contributed by atoms with Crippen molar-refractivity contribution in [3.63, 3.8) is 0 Å². The minimum Gasteiger partial charge on any atom is -0.370 e. The van der Waals surface area contributed by atoms with Crippen LogP contribution >= 0.6 is 0 Å². The molecule has 4 heterocycles. The maximum absolute atomic E-state index is 14.5. The Kier molecular flexibility index (Phi) is 8.32. The van der Waals surface area contributed by atoms with Gasteiger partial charge in [-0.1, -0.05) is 0 Å². The van der Waals surface area contributed by atoms with E-state index in [2.05, 4.69) is 25.4 Å². The highest BCUT2D eigenvalue weighted by molar-refractivity contribution is 6.10. The van der Waals surface area contributed by atoms with Crippen molar-refractivity contribution >= 4 is 17.5 Å². The molecule has 1 N–H and O–H groups in total. The molecule has 15 heteroatoms. The molecule has 2 aromatic carbocycles. The number of unbranched alkanes of at least 4 members (excludes halogenated alkanes) is 1. The van der Waals surface area contributed by atoms with Crippen molar-refractivity contribution in [3.05, 3.63) is 76.6 Å². The van der Waals surface area contributed by atoms with Crippen molar-refractivity contribution in [2.45, 2.75) is 57.5 Å². The number of pyridine rings is 1. The number of nitrogens with one attached hydrogen (secondary N) is 1. The van der Waals surface area contributed by atoms with Crippen LogP contribution in [0.4, 0.5) is 38.0 Å². The lowest BCUT2D eigenvalue weighted by Gasteiger charge is -2.20. The summed E-state index contributed by atoms with van der Waals surface area (Å²) in [5, 5.41) is 20.0. The van der Waals surface area contributed by atoms with Crippen molar-refractivity contribution in [1.82, 2.24) is 24.6 Å². The average molecular weight is 695 g/mol. The second kappa shape index (κ2) is 12.4. The Hall–Kier alpha value is -4.97. The maximum atomic E-state index is 14.5. The highest BCUT2D eigenvalue weighted by Gasteiger charge is 2.48. The third-order valence-corrected chi connectivity index (χ3v) is 9.76. The van der Waals surface area contributed by atoms with Crippen LogP contribution in [0.2, 0.25) is 0 Å². The predicted octanol–water partition coefficient (Wildman–Crippen LogP) is 7.44. The predicted molar refractivity (Wildman–Crippen MR) is 172 cm³/mol. The molecule has 1 aliphatic carbocycles. The van der Waals surface area contributed by atoms with E-state index < -0.39 is 35.9 Å². The van der Waals surface area contributed by atoms with Crippen molar-refractivity contribution in [2.75, 3.05) is 29.9 Å². The minimum absolute atomic E-state index is 0.0438. The van der Waals surface area contributed by atoms with Crippen LogP contribution in [0, 0.1) is 16.7 Å². The molecule has 1 amide bonds. The van der Waals surface area contributed by atoms with Gasteiger partial charge >= 0.3 is 12.4 Å². The number of hydrogen-bond acceptors (Lipinski definition) is 7. The summed E-state index contributed by atoms with van der Waals surface area (Å²) < 4.78 is 87.1. The Balaban J connectivity index is 1.31. The fraction of sp³-hybridized carbons (Fsp3) is 0.400. The van der Waals surface area contributed by atoms with Gasteiger partial charge in [0.1, 0.15) is 18.0 Å². The first-order chi connectivity index (χ1) is 23.7. The summed E-state index contributed by atoms with van der Waals surface area (Å²) in [7, 11) is 1.64. The van der Waals surface area contributed by atoms with Crippen molar-refractivity contribution in [1.29, 1.82) is 5.26 Å². The number of nitrogens with zero attached hydrogens (tertiary/aromatic N) is 7. The normalized spacial score (nSPS) is 17.0. The van der Waals surface area contributed by atoms with Crippen LogP contribution < -0.4 is 10.2 Å². The zero-order chi connectivity index (χ0) is 35.4. The van der Waals surface area contributed by atoms with Gasteiger partial charge in [-0.25, -0.2) is 4.98 Å². The highest BCUT2D eigenvalue weighted by atomic mass is 19.4. The zero-order valence-electron chi connectivity index (χ0n) is 27.0. The number of anilines is 2. The Morgan fingerprint density at radius 2 is 1.78 bits per heavy atom. The molecule has 0 radical (unpaired) electrons. The first kappa shape index (κ1) is 33.5. The molecule has 1 spiro atoms. The number of nitriles is 1. The van der Waals surface area contributed by atoms with Crippen LogP contribution in [0.5, 0.6) is 0 Å². The second-order valence-corrected chi connectivity index (χ2v) is 13.3. The summed E-state index contributed by atoms with van der Waals surface area (Å²) >= 11 is 0. The van der Waals surface area contributed by atoms with Crippen LogP contribution in [-0.2, 0) is 32.5 Å². The third kappa shape index (κ3) is 6.51. The third-order valence-electron chi connectivity index (χ3n) is 9.76. The number of halogens is 6. The van der Waals surface area contributed by atoms with Gasteiger partial charge in [0.2, 0.25) is 0 Å². The van der Waals surface area contributed by atoms with E-state index in [1.54, 1.807) is 11.6 Å². The van der Waals surface area contributed by atoms with E-state index in [1.807, 2.05) is 6.07 Å². The number of rotatable bonds is 9. The number of carbonyl (C=O) groups excluding carboxylic acids is 1. The summed E-state index contributed by atoms with van der Waals surface area (Å²) in [6, 6.07) is 10.7. The van der Waals surface area contributed by atoms with Gasteiger partial charge in [0.05, 0.1) is 23.7 Å². The molecule has 1 saturated heterocycles. The van der Waals surface area contributed by atoms with Crippen molar-refractivity contribution in [2.24, 2.45) is 12.5 Å². The number of alkyl halides is 6. The standard InChI is InChI=1S/C35H32F6N8O/c1-47-20-44-46-31(47)24-5-4-23(34(36,37)38)16-25(24)22-14-29(43-10-3-2-9-42)45-30(15-22)49-18-27-26(32(49)50)12-21(13-28(27)35(39,40)41)17-48-11-8-33(19-48)6-7-33/h4-5,12-16,20H,2-3,6-8,10-11,17-19H2,1H3,(H,43,45). The molecule has 50 heavy (non-hydrogen) atoms. The molecule has 9 nitrogen and oxygen atoms in total. The number of fused-ring (bicyclic) bond motifs is 1. The lowest BCUT2D eigenvalue weighted by molar-refractivity contribution is -0.138. The van der Waals surface area contributed by atoms with Gasteiger partial charge in [0.15, 0.2) is 5.82 Å². The smallest absolute Gasteiger partial charge is 0.370 e. The molecule has 2 aliphatic heterocycles. The van der Waals surface area contributed by atoms with Gasteiger partial charge < -0.3 is 9.88 Å². The molecule has 0 unspecified atom stereocenters. The lowest BCUT2D eigenvalue weighted by atomic mass is 9.96. The van der Waals surface area contributed by atoms with Gasteiger partial charge in [-0.15, -0.1) is 10.2 Å². The summed E-state index contributed by atoms with van der Waals surface area (Å²) in [6.45, 7) is 1.73. The summed E-state index contributed by atoms with van der Waals surface area (Å²) in [4.78, 5) is 21.8. The van der Waals surface area contributed by atoms with E-state index in [1.165, 1.54) is 30.6 Å². The van der Waals surface area contributed by atoms with E-state index >= 15 is 0 Å². The molecule has 1 saturated carbocycles. The summed E-state index contributed by atoms with van der Waals surface area (Å²) in [5.41, 5.74) is -0.799. The molecule has 4 aromatic rings. The maximum Gasteiger partial charge on any atom is 0.416 e. The number of aryl methyl sites for hydroxylation is 1. The number of carbonyl (C=O) groups is 1. The number of hydrogen-bond donors (Lipinski definition) is 1. The molecular weight excluding hydrogens is 662 g/mol. The minimum atomic E-state index is -4.73. The second-order valence-electron chi connectivity index (χ2n) is 13.3. The quantitative estimate of drug-likeness (QED) is 0.144. The monoisotopic (exact) mass is 694 g/mol. The van der Waals surface area contributed by atoms with Gasteiger partial charge in [0, 0.05) is 44.2 Å². The number of benzene rings is 2. The number of amides is 1. The van der Waals surface area contributed by atoms with E-state index in [0.717, 1.165) is 55.5 Å². The molecule has 3 aliphatic rings. The summed E-state index contributed by atoms with van der Waals surface area (Å²) in [6.07, 6.45) is -4.11. The van der Waals surface area contributed by atoms with Crippen LogP contribution in [0.25, 0.3) is 22.5 Å². The number of aromatic nitrogens is 4. The van der Waals surface area contributed by atoms with Crippen molar-refractivity contribution < 1.29 is 31.1 Å². The molecule has 0 atom stereocenters. The lowest BCUT2D eigenvalue weighted by Crippen LogP contribution is -2.24. The Morgan fingerprint density at radius 3 is 2.44 bits per heavy atom. The molecular formula is C35H32F6N8O. The van der Waals surface area contributed by atoms with Gasteiger partial charge in [-0.3, -0.25) is 14.6 Å². The first-order valence-corrected chi connectivity index (χ1v) is 16.2. The topological polar surface area (TPSA) is 103 Å².